The van der Waals surface area contributed by atoms with Gasteiger partial charge in [0.2, 0.25) is 12.5 Å². The van der Waals surface area contributed by atoms with E-state index in [0.29, 0.717) is 51.0 Å². The molecule has 12 heteroatoms. The Morgan fingerprint density at radius 2 is 1.64 bits per heavy atom. The Hall–Kier alpha value is -4.87. The number of alkyl halides is 3. The molecular weight excluding hydrogens is 557 g/mol. The molecule has 2 atom stereocenters. The van der Waals surface area contributed by atoms with Crippen LogP contribution in [0.1, 0.15) is 34.0 Å². The summed E-state index contributed by atoms with van der Waals surface area (Å²) in [6.45, 7) is 0.0369. The molecule has 2 heterocycles. The van der Waals surface area contributed by atoms with Crippen molar-refractivity contribution in [2.45, 2.75) is 12.1 Å². The summed E-state index contributed by atoms with van der Waals surface area (Å²) >= 11 is 0. The van der Waals surface area contributed by atoms with E-state index >= 15 is 0 Å². The third-order valence-electron chi connectivity index (χ3n) is 7.48. The number of carbonyl (C=O) groups is 1. The molecule has 6 rings (SSSR count). The number of halogens is 3. The second-order valence-corrected chi connectivity index (χ2v) is 9.69. The fourth-order valence-corrected chi connectivity index (χ4v) is 5.57. The summed E-state index contributed by atoms with van der Waals surface area (Å²) in [6.07, 6.45) is -2.77. The predicted octanol–water partition coefficient (Wildman–Crippen LogP) is 5.81. The van der Waals surface area contributed by atoms with Crippen LogP contribution in [0.4, 0.5) is 13.2 Å². The molecule has 0 radical (unpaired) electrons. The summed E-state index contributed by atoms with van der Waals surface area (Å²) in [7, 11) is 5.73. The van der Waals surface area contributed by atoms with Gasteiger partial charge in [-0.3, -0.25) is 4.79 Å². The minimum Gasteiger partial charge on any atom is -0.493 e. The summed E-state index contributed by atoms with van der Waals surface area (Å²) in [5.41, 5.74) is 2.12. The van der Waals surface area contributed by atoms with Crippen molar-refractivity contribution in [2.75, 3.05) is 35.2 Å². The first-order chi connectivity index (χ1) is 20.2. The van der Waals surface area contributed by atoms with Crippen molar-refractivity contribution in [2.24, 2.45) is 5.92 Å². The van der Waals surface area contributed by atoms with Crippen LogP contribution in [-0.4, -0.2) is 51.2 Å². The van der Waals surface area contributed by atoms with E-state index in [9.17, 15) is 18.0 Å². The van der Waals surface area contributed by atoms with Gasteiger partial charge in [-0.15, -0.1) is 0 Å². The third kappa shape index (κ3) is 4.43. The first kappa shape index (κ1) is 27.3. The molecule has 42 heavy (non-hydrogen) atoms. The Bertz CT molecular complexity index is 1720. The second-order valence-electron chi connectivity index (χ2n) is 9.69. The molecule has 1 aliphatic heterocycles. The molecule has 0 spiro atoms. The van der Waals surface area contributed by atoms with Gasteiger partial charge in [0.15, 0.2) is 23.0 Å². The molecule has 0 unspecified atom stereocenters. The zero-order valence-corrected chi connectivity index (χ0v) is 22.9. The lowest BCUT2D eigenvalue weighted by Gasteiger charge is -2.33. The number of nitrogens with one attached hydrogen (secondary N) is 1. The Morgan fingerprint density at radius 3 is 2.26 bits per heavy atom. The summed E-state index contributed by atoms with van der Waals surface area (Å²) < 4.78 is 73.5. The molecular formula is C30H25F3N2O7. The SMILES string of the molecule is COC(=O)[C@H]1C(c2nc3ccc(C(F)(F)F)cc3[nH]2)=Cc2cc3c(cc2[C@H]1c1cc(OC)c(OC)c(OC)c1)OCO3. The first-order valence-electron chi connectivity index (χ1n) is 12.8. The molecule has 9 nitrogen and oxygen atoms in total. The van der Waals surface area contributed by atoms with Crippen LogP contribution in [-0.2, 0) is 15.7 Å². The van der Waals surface area contributed by atoms with E-state index in [0.717, 1.165) is 17.7 Å². The fraction of sp³-hybridized carbons (Fsp3) is 0.267. The van der Waals surface area contributed by atoms with Crippen LogP contribution in [0.5, 0.6) is 28.7 Å². The summed E-state index contributed by atoms with van der Waals surface area (Å²) in [6, 6.07) is 10.3. The number of aromatic amines is 1. The number of imidazole rings is 1. The largest absolute Gasteiger partial charge is 0.493 e. The highest BCUT2D eigenvalue weighted by molar-refractivity contribution is 5.99. The smallest absolute Gasteiger partial charge is 0.416 e. The van der Waals surface area contributed by atoms with Crippen LogP contribution < -0.4 is 23.7 Å². The molecule has 3 aromatic carbocycles. The van der Waals surface area contributed by atoms with E-state index in [1.165, 1.54) is 34.5 Å². The lowest BCUT2D eigenvalue weighted by Crippen LogP contribution is -2.29. The molecule has 1 aromatic heterocycles. The van der Waals surface area contributed by atoms with Crippen molar-refractivity contribution < 1.29 is 46.4 Å². The standard InChI is InChI=1S/C30H25F3N2O7/c1-37-23-9-15(10-24(38-2)27(23)39-3)25-17-12-22-21(41-13-42-22)8-14(17)7-18(26(25)29(36)40-4)28-34-19-6-5-16(30(31,32)33)11-20(19)35-28/h5-12,25-26H,13H2,1-4H3,(H,34,35)/t25-,26+/m1/s1. The number of aromatic nitrogens is 2. The highest BCUT2D eigenvalue weighted by atomic mass is 19.4. The number of fused-ring (bicyclic) bond motifs is 3. The van der Waals surface area contributed by atoms with Crippen molar-refractivity contribution in [1.29, 1.82) is 0 Å². The summed E-state index contributed by atoms with van der Waals surface area (Å²) in [4.78, 5) is 21.2. The topological polar surface area (TPSA) is 101 Å². The van der Waals surface area contributed by atoms with Gasteiger partial charge in [-0.25, -0.2) is 4.98 Å². The fourth-order valence-electron chi connectivity index (χ4n) is 5.57. The highest BCUT2D eigenvalue weighted by Gasteiger charge is 2.42. The Morgan fingerprint density at radius 1 is 0.952 bits per heavy atom. The van der Waals surface area contributed by atoms with E-state index in [1.807, 2.05) is 6.07 Å². The minimum atomic E-state index is -4.53. The van der Waals surface area contributed by atoms with E-state index in [1.54, 1.807) is 24.3 Å². The lowest BCUT2D eigenvalue weighted by molar-refractivity contribution is -0.143. The van der Waals surface area contributed by atoms with Crippen molar-refractivity contribution in [3.8, 4) is 28.7 Å². The predicted molar refractivity (Wildman–Crippen MR) is 145 cm³/mol. The number of benzene rings is 3. The van der Waals surface area contributed by atoms with E-state index in [-0.39, 0.29) is 18.1 Å². The average molecular weight is 583 g/mol. The van der Waals surface area contributed by atoms with Gasteiger partial charge in [0.25, 0.3) is 0 Å². The highest BCUT2D eigenvalue weighted by Crippen LogP contribution is 2.52. The zero-order chi connectivity index (χ0) is 29.8. The summed E-state index contributed by atoms with van der Waals surface area (Å²) in [5, 5.41) is 0. The number of methoxy groups -OCH3 is 4. The van der Waals surface area contributed by atoms with Gasteiger partial charge in [0.1, 0.15) is 5.82 Å². The maximum atomic E-state index is 13.6. The monoisotopic (exact) mass is 582 g/mol. The molecule has 0 saturated heterocycles. The molecule has 0 bridgehead atoms. The van der Waals surface area contributed by atoms with E-state index in [2.05, 4.69) is 9.97 Å². The average Bonchev–Trinajstić information content (AvgIpc) is 3.63. The quantitative estimate of drug-likeness (QED) is 0.284. The molecule has 1 aliphatic carbocycles. The van der Waals surface area contributed by atoms with Crippen molar-refractivity contribution >= 4 is 28.7 Å². The minimum absolute atomic E-state index is 0.0369. The van der Waals surface area contributed by atoms with Gasteiger partial charge in [-0.1, -0.05) is 0 Å². The number of rotatable bonds is 6. The third-order valence-corrected chi connectivity index (χ3v) is 7.48. The maximum absolute atomic E-state index is 13.6. The van der Waals surface area contributed by atoms with Crippen molar-refractivity contribution in [3.05, 3.63) is 70.5 Å². The van der Waals surface area contributed by atoms with Gasteiger partial charge in [-0.2, -0.15) is 13.2 Å². The van der Waals surface area contributed by atoms with Gasteiger partial charge >= 0.3 is 12.1 Å². The van der Waals surface area contributed by atoms with Crippen LogP contribution in [0.2, 0.25) is 0 Å². The van der Waals surface area contributed by atoms with E-state index in [4.69, 9.17) is 28.4 Å². The van der Waals surface area contributed by atoms with Gasteiger partial charge in [0, 0.05) is 11.5 Å². The van der Waals surface area contributed by atoms with Crippen LogP contribution in [0, 0.1) is 5.92 Å². The molecule has 0 amide bonds. The van der Waals surface area contributed by atoms with E-state index < -0.39 is 29.5 Å². The molecule has 2 aliphatic rings. The lowest BCUT2D eigenvalue weighted by atomic mass is 9.71. The van der Waals surface area contributed by atoms with Gasteiger partial charge in [-0.05, 0) is 65.2 Å². The Labute approximate surface area is 237 Å². The van der Waals surface area contributed by atoms with Gasteiger partial charge in [0.05, 0.1) is 51.0 Å². The van der Waals surface area contributed by atoms with Crippen LogP contribution in [0.15, 0.2) is 42.5 Å². The second kappa shape index (κ2) is 10.2. The number of hydrogen-bond donors (Lipinski definition) is 1. The number of ether oxygens (including phenoxy) is 6. The molecule has 0 saturated carbocycles. The van der Waals surface area contributed by atoms with Crippen molar-refractivity contribution in [3.63, 3.8) is 0 Å². The maximum Gasteiger partial charge on any atom is 0.416 e. The summed E-state index contributed by atoms with van der Waals surface area (Å²) in [5.74, 6) is 0.116. The van der Waals surface area contributed by atoms with Crippen molar-refractivity contribution in [1.82, 2.24) is 9.97 Å². The number of nitrogens with zero attached hydrogens (tertiary/aromatic N) is 1. The first-order valence-corrected chi connectivity index (χ1v) is 12.8. The number of esters is 1. The number of carbonyl (C=O) groups excluding carboxylic acids is 1. The molecule has 4 aromatic rings. The molecule has 0 fully saturated rings. The Balaban J connectivity index is 1.61. The van der Waals surface area contributed by atoms with Gasteiger partial charge < -0.3 is 33.4 Å². The Kier molecular flexibility index (Phi) is 6.63. The number of H-pyrrole nitrogens is 1. The zero-order valence-electron chi connectivity index (χ0n) is 22.9. The number of hydrogen-bond acceptors (Lipinski definition) is 8. The normalized spacial score (nSPS) is 17.5. The van der Waals surface area contributed by atoms with Crippen LogP contribution in [0.25, 0.3) is 22.7 Å². The molecule has 218 valence electrons. The van der Waals surface area contributed by atoms with Crippen LogP contribution in [0.3, 0.4) is 0 Å². The van der Waals surface area contributed by atoms with Crippen LogP contribution >= 0.6 is 0 Å². The molecule has 1 N–H and O–H groups in total.